The van der Waals surface area contributed by atoms with Gasteiger partial charge in [0.15, 0.2) is 0 Å². The standard InChI is InChI=1S/C10H18O3/c1-5(2)10-4-6(10)9(3,13)7(11)8(10)12/h5-8,11-13H,4H2,1-3H3/t6-,7+,8+,9+,10+/m0/s1. The first-order chi connectivity index (χ1) is 5.85. The fourth-order valence-corrected chi connectivity index (χ4v) is 3.17. The fourth-order valence-electron chi connectivity index (χ4n) is 3.17. The molecule has 0 aromatic rings. The maximum absolute atomic E-state index is 9.95. The third-order valence-corrected chi connectivity index (χ3v) is 4.28. The van der Waals surface area contributed by atoms with E-state index in [2.05, 4.69) is 0 Å². The summed E-state index contributed by atoms with van der Waals surface area (Å²) >= 11 is 0. The Morgan fingerprint density at radius 1 is 1.23 bits per heavy atom. The van der Waals surface area contributed by atoms with Crippen LogP contribution in [0.1, 0.15) is 27.2 Å². The molecule has 0 amide bonds. The van der Waals surface area contributed by atoms with Crippen molar-refractivity contribution in [1.29, 1.82) is 0 Å². The number of aliphatic hydroxyl groups excluding tert-OH is 2. The third kappa shape index (κ3) is 0.853. The zero-order valence-corrected chi connectivity index (χ0v) is 8.36. The molecule has 0 aromatic carbocycles. The van der Waals surface area contributed by atoms with Crippen molar-refractivity contribution in [2.45, 2.75) is 45.0 Å². The molecule has 76 valence electrons. The van der Waals surface area contributed by atoms with Crippen molar-refractivity contribution in [1.82, 2.24) is 0 Å². The smallest absolute Gasteiger partial charge is 0.109 e. The highest BCUT2D eigenvalue weighted by atomic mass is 16.4. The Morgan fingerprint density at radius 3 is 2.00 bits per heavy atom. The summed E-state index contributed by atoms with van der Waals surface area (Å²) in [5.74, 6) is 0.390. The largest absolute Gasteiger partial charge is 0.390 e. The van der Waals surface area contributed by atoms with Crippen LogP contribution in [0.15, 0.2) is 0 Å². The van der Waals surface area contributed by atoms with Crippen molar-refractivity contribution in [3.05, 3.63) is 0 Å². The number of aliphatic hydroxyl groups is 3. The number of hydrogen-bond donors (Lipinski definition) is 3. The van der Waals surface area contributed by atoms with E-state index in [1.54, 1.807) is 6.92 Å². The van der Waals surface area contributed by atoms with E-state index in [0.29, 0.717) is 5.92 Å². The van der Waals surface area contributed by atoms with E-state index in [1.807, 2.05) is 13.8 Å². The Bertz CT molecular complexity index is 232. The van der Waals surface area contributed by atoms with E-state index in [9.17, 15) is 15.3 Å². The maximum atomic E-state index is 9.95. The second-order valence-electron chi connectivity index (χ2n) is 5.14. The minimum atomic E-state index is -1.09. The predicted molar refractivity (Wildman–Crippen MR) is 48.0 cm³/mol. The molecule has 0 saturated heterocycles. The fraction of sp³-hybridized carbons (Fsp3) is 1.00. The zero-order valence-electron chi connectivity index (χ0n) is 8.36. The van der Waals surface area contributed by atoms with Crippen LogP contribution < -0.4 is 0 Å². The molecule has 5 atom stereocenters. The second-order valence-corrected chi connectivity index (χ2v) is 5.14. The van der Waals surface area contributed by atoms with Gasteiger partial charge in [-0.1, -0.05) is 13.8 Å². The van der Waals surface area contributed by atoms with E-state index >= 15 is 0 Å². The highest BCUT2D eigenvalue weighted by molar-refractivity contribution is 5.25. The summed E-state index contributed by atoms with van der Waals surface area (Å²) in [4.78, 5) is 0. The molecule has 0 spiro atoms. The summed E-state index contributed by atoms with van der Waals surface area (Å²) in [5.41, 5.74) is -1.31. The van der Waals surface area contributed by atoms with Gasteiger partial charge < -0.3 is 15.3 Å². The minimum Gasteiger partial charge on any atom is -0.390 e. The topological polar surface area (TPSA) is 60.7 Å². The molecule has 2 fully saturated rings. The molecule has 3 N–H and O–H groups in total. The molecule has 0 aliphatic heterocycles. The lowest BCUT2D eigenvalue weighted by atomic mass is 9.87. The van der Waals surface area contributed by atoms with E-state index in [1.165, 1.54) is 0 Å². The molecule has 0 radical (unpaired) electrons. The number of rotatable bonds is 1. The highest BCUT2D eigenvalue weighted by Gasteiger charge is 2.76. The molecule has 0 unspecified atom stereocenters. The normalized spacial score (nSPS) is 59.8. The van der Waals surface area contributed by atoms with Crippen LogP contribution in [-0.2, 0) is 0 Å². The molecular weight excluding hydrogens is 168 g/mol. The van der Waals surface area contributed by atoms with Gasteiger partial charge in [0.25, 0.3) is 0 Å². The molecule has 0 heterocycles. The molecule has 2 saturated carbocycles. The quantitative estimate of drug-likeness (QED) is 0.545. The molecule has 0 aromatic heterocycles. The molecule has 13 heavy (non-hydrogen) atoms. The van der Waals surface area contributed by atoms with E-state index in [4.69, 9.17) is 0 Å². The minimum absolute atomic E-state index is 0.0741. The Kier molecular flexibility index (Phi) is 1.65. The molecule has 2 rings (SSSR count). The van der Waals surface area contributed by atoms with Gasteiger partial charge in [0.1, 0.15) is 6.10 Å². The molecule has 0 bridgehead atoms. The average molecular weight is 186 g/mol. The van der Waals surface area contributed by atoms with Crippen LogP contribution in [-0.4, -0.2) is 33.1 Å². The SMILES string of the molecule is CC(C)[C@]12C[C@H]1[C@@](C)(O)[C@H](O)[C@H]2O. The lowest BCUT2D eigenvalue weighted by Gasteiger charge is -2.28. The third-order valence-electron chi connectivity index (χ3n) is 4.28. The first-order valence-electron chi connectivity index (χ1n) is 4.93. The van der Waals surface area contributed by atoms with E-state index < -0.39 is 17.8 Å². The number of fused-ring (bicyclic) bond motifs is 1. The Labute approximate surface area is 78.4 Å². The molecule has 3 heteroatoms. The summed E-state index contributed by atoms with van der Waals surface area (Å²) in [7, 11) is 0. The summed E-state index contributed by atoms with van der Waals surface area (Å²) in [5, 5.41) is 29.4. The lowest BCUT2D eigenvalue weighted by Crippen LogP contribution is -2.44. The van der Waals surface area contributed by atoms with Crippen LogP contribution in [0.5, 0.6) is 0 Å². The van der Waals surface area contributed by atoms with Gasteiger partial charge >= 0.3 is 0 Å². The highest BCUT2D eigenvalue weighted by Crippen LogP contribution is 2.70. The van der Waals surface area contributed by atoms with Gasteiger partial charge in [-0.2, -0.15) is 0 Å². The summed E-state index contributed by atoms with van der Waals surface area (Å²) in [6.07, 6.45) is -0.892. The van der Waals surface area contributed by atoms with Crippen molar-refractivity contribution in [3.63, 3.8) is 0 Å². The Hall–Kier alpha value is -0.120. The van der Waals surface area contributed by atoms with E-state index in [-0.39, 0.29) is 11.3 Å². The first kappa shape index (κ1) is 9.44. The maximum Gasteiger partial charge on any atom is 0.109 e. The van der Waals surface area contributed by atoms with Crippen molar-refractivity contribution in [2.24, 2.45) is 17.3 Å². The lowest BCUT2D eigenvalue weighted by molar-refractivity contribution is -0.103. The monoisotopic (exact) mass is 186 g/mol. The first-order valence-corrected chi connectivity index (χ1v) is 4.93. The Balaban J connectivity index is 2.32. The summed E-state index contributed by atoms with van der Waals surface area (Å²) in [6, 6.07) is 0. The van der Waals surface area contributed by atoms with Gasteiger partial charge in [-0.05, 0) is 25.2 Å². The van der Waals surface area contributed by atoms with Crippen LogP contribution >= 0.6 is 0 Å². The van der Waals surface area contributed by atoms with Crippen molar-refractivity contribution < 1.29 is 15.3 Å². The Morgan fingerprint density at radius 2 is 1.77 bits per heavy atom. The molecule has 2 aliphatic rings. The summed E-state index contributed by atoms with van der Waals surface area (Å²) < 4.78 is 0. The van der Waals surface area contributed by atoms with Crippen LogP contribution in [0.25, 0.3) is 0 Å². The molecule has 2 aliphatic carbocycles. The van der Waals surface area contributed by atoms with Crippen LogP contribution in [0.4, 0.5) is 0 Å². The second kappa shape index (κ2) is 2.27. The predicted octanol–water partition coefficient (Wildman–Crippen LogP) is 0.135. The number of hydrogen-bond acceptors (Lipinski definition) is 3. The van der Waals surface area contributed by atoms with Gasteiger partial charge in [0, 0.05) is 5.41 Å². The van der Waals surface area contributed by atoms with Crippen LogP contribution in [0, 0.1) is 17.3 Å². The average Bonchev–Trinajstić information content (AvgIpc) is 2.73. The van der Waals surface area contributed by atoms with Crippen molar-refractivity contribution in [3.8, 4) is 0 Å². The van der Waals surface area contributed by atoms with Crippen LogP contribution in [0.3, 0.4) is 0 Å². The van der Waals surface area contributed by atoms with Crippen LogP contribution in [0.2, 0.25) is 0 Å². The molecule has 3 nitrogen and oxygen atoms in total. The van der Waals surface area contributed by atoms with E-state index in [0.717, 1.165) is 6.42 Å². The van der Waals surface area contributed by atoms with Gasteiger partial charge in [0.05, 0.1) is 11.7 Å². The summed E-state index contributed by atoms with van der Waals surface area (Å²) in [6.45, 7) is 5.71. The zero-order chi connectivity index (χ0) is 10.0. The van der Waals surface area contributed by atoms with Gasteiger partial charge in [-0.3, -0.25) is 0 Å². The van der Waals surface area contributed by atoms with Gasteiger partial charge in [-0.25, -0.2) is 0 Å². The molecular formula is C10H18O3. The van der Waals surface area contributed by atoms with Gasteiger partial charge in [-0.15, -0.1) is 0 Å². The van der Waals surface area contributed by atoms with Crippen molar-refractivity contribution in [2.75, 3.05) is 0 Å². The van der Waals surface area contributed by atoms with Gasteiger partial charge in [0.2, 0.25) is 0 Å². The van der Waals surface area contributed by atoms with Crippen molar-refractivity contribution >= 4 is 0 Å².